The first kappa shape index (κ1) is 14.1. The number of nitrogens with zero attached hydrogens (tertiary/aromatic N) is 2. The van der Waals surface area contributed by atoms with E-state index in [4.69, 9.17) is 0 Å². The minimum absolute atomic E-state index is 0.335. The van der Waals surface area contributed by atoms with E-state index in [1.54, 1.807) is 0 Å². The lowest BCUT2D eigenvalue weighted by atomic mass is 9.98. The van der Waals surface area contributed by atoms with E-state index in [9.17, 15) is 13.2 Å². The number of H-pyrrole nitrogens is 1. The summed E-state index contributed by atoms with van der Waals surface area (Å²) in [5.74, 6) is 1.59. The summed E-state index contributed by atoms with van der Waals surface area (Å²) in [6, 6.07) is 4.90. The standard InChI is InChI=1S/C14H15F3N4/c15-14(16,17)11-3-1-9(2-4-11)12-19-13(21-20-12)10-5-7-18-8-6-10/h1-4,10,18H,5-8H2,(H,19,20,21). The molecule has 2 N–H and O–H groups in total. The molecule has 0 saturated carbocycles. The Morgan fingerprint density at radius 3 is 2.33 bits per heavy atom. The second-order valence-corrected chi connectivity index (χ2v) is 5.14. The highest BCUT2D eigenvalue weighted by molar-refractivity contribution is 5.55. The zero-order valence-electron chi connectivity index (χ0n) is 11.2. The Balaban J connectivity index is 1.79. The molecular weight excluding hydrogens is 281 g/mol. The predicted octanol–water partition coefficient (Wildman–Crippen LogP) is 2.96. The van der Waals surface area contributed by atoms with E-state index < -0.39 is 11.7 Å². The highest BCUT2D eigenvalue weighted by atomic mass is 19.4. The first-order valence-corrected chi connectivity index (χ1v) is 6.85. The number of benzene rings is 1. The summed E-state index contributed by atoms with van der Waals surface area (Å²) in [5.41, 5.74) is -0.0835. The Hall–Kier alpha value is -1.89. The summed E-state index contributed by atoms with van der Waals surface area (Å²) in [6.07, 6.45) is -2.35. The molecule has 21 heavy (non-hydrogen) atoms. The van der Waals surface area contributed by atoms with E-state index in [2.05, 4.69) is 20.5 Å². The fraction of sp³-hybridized carbons (Fsp3) is 0.429. The van der Waals surface area contributed by atoms with Gasteiger partial charge in [-0.25, -0.2) is 4.98 Å². The van der Waals surface area contributed by atoms with E-state index >= 15 is 0 Å². The quantitative estimate of drug-likeness (QED) is 0.896. The number of hydrogen-bond donors (Lipinski definition) is 2. The van der Waals surface area contributed by atoms with Crippen LogP contribution in [0.25, 0.3) is 11.4 Å². The number of aromatic nitrogens is 3. The molecule has 7 heteroatoms. The topological polar surface area (TPSA) is 53.6 Å². The second kappa shape index (κ2) is 5.48. The van der Waals surface area contributed by atoms with Gasteiger partial charge in [0.1, 0.15) is 5.82 Å². The molecular formula is C14H15F3N4. The number of hydrogen-bond acceptors (Lipinski definition) is 3. The minimum atomic E-state index is -4.32. The van der Waals surface area contributed by atoms with Crippen molar-refractivity contribution >= 4 is 0 Å². The van der Waals surface area contributed by atoms with Crippen LogP contribution in [0.3, 0.4) is 0 Å². The molecule has 1 aromatic heterocycles. The lowest BCUT2D eigenvalue weighted by molar-refractivity contribution is -0.137. The van der Waals surface area contributed by atoms with Crippen LogP contribution in [0.2, 0.25) is 0 Å². The van der Waals surface area contributed by atoms with Gasteiger partial charge in [-0.2, -0.15) is 18.3 Å². The molecule has 1 aliphatic rings. The summed E-state index contributed by atoms with van der Waals surface area (Å²) >= 11 is 0. The average molecular weight is 296 g/mol. The molecule has 1 fully saturated rings. The molecule has 0 amide bonds. The Kier molecular flexibility index (Phi) is 3.67. The number of piperidine rings is 1. The van der Waals surface area contributed by atoms with Crippen LogP contribution >= 0.6 is 0 Å². The molecule has 112 valence electrons. The van der Waals surface area contributed by atoms with Crippen LogP contribution in [0.4, 0.5) is 13.2 Å². The third-order valence-electron chi connectivity index (χ3n) is 3.70. The van der Waals surface area contributed by atoms with Crippen LogP contribution in [-0.4, -0.2) is 28.3 Å². The molecule has 1 aliphatic heterocycles. The maximum atomic E-state index is 12.5. The van der Waals surface area contributed by atoms with Crippen LogP contribution < -0.4 is 5.32 Å². The molecule has 1 aromatic carbocycles. The average Bonchev–Trinajstić information content (AvgIpc) is 2.97. The summed E-state index contributed by atoms with van der Waals surface area (Å²) in [7, 11) is 0. The van der Waals surface area contributed by atoms with Gasteiger partial charge in [0.05, 0.1) is 5.56 Å². The van der Waals surface area contributed by atoms with E-state index in [1.807, 2.05) is 0 Å². The fourth-order valence-electron chi connectivity index (χ4n) is 2.49. The lowest BCUT2D eigenvalue weighted by Gasteiger charge is -2.19. The third-order valence-corrected chi connectivity index (χ3v) is 3.70. The van der Waals surface area contributed by atoms with Crippen molar-refractivity contribution in [1.82, 2.24) is 20.5 Å². The Morgan fingerprint density at radius 1 is 1.05 bits per heavy atom. The normalized spacial score (nSPS) is 17.1. The summed E-state index contributed by atoms with van der Waals surface area (Å²) in [5, 5.41) is 10.3. The predicted molar refractivity (Wildman–Crippen MR) is 71.7 cm³/mol. The molecule has 3 rings (SSSR count). The van der Waals surface area contributed by atoms with Gasteiger partial charge in [-0.3, -0.25) is 5.10 Å². The van der Waals surface area contributed by atoms with E-state index in [-0.39, 0.29) is 0 Å². The van der Waals surface area contributed by atoms with Crippen molar-refractivity contribution in [3.8, 4) is 11.4 Å². The van der Waals surface area contributed by atoms with Gasteiger partial charge in [-0.1, -0.05) is 12.1 Å². The SMILES string of the molecule is FC(F)(F)c1ccc(-c2n[nH]c(C3CCNCC3)n2)cc1. The molecule has 1 saturated heterocycles. The first-order chi connectivity index (χ1) is 10.0. The van der Waals surface area contributed by atoms with Gasteiger partial charge < -0.3 is 5.32 Å². The maximum Gasteiger partial charge on any atom is 0.416 e. The molecule has 0 aliphatic carbocycles. The monoisotopic (exact) mass is 296 g/mol. The van der Waals surface area contributed by atoms with Crippen LogP contribution in [-0.2, 0) is 6.18 Å². The zero-order chi connectivity index (χ0) is 14.9. The van der Waals surface area contributed by atoms with Crippen molar-refractivity contribution in [2.75, 3.05) is 13.1 Å². The number of rotatable bonds is 2. The highest BCUT2D eigenvalue weighted by Crippen LogP contribution is 2.30. The van der Waals surface area contributed by atoms with Crippen LogP contribution in [0.5, 0.6) is 0 Å². The molecule has 0 atom stereocenters. The highest BCUT2D eigenvalue weighted by Gasteiger charge is 2.30. The van der Waals surface area contributed by atoms with Crippen LogP contribution in [0.1, 0.15) is 30.1 Å². The first-order valence-electron chi connectivity index (χ1n) is 6.85. The van der Waals surface area contributed by atoms with Gasteiger partial charge in [0.25, 0.3) is 0 Å². The van der Waals surface area contributed by atoms with E-state index in [0.29, 0.717) is 17.3 Å². The Morgan fingerprint density at radius 2 is 1.71 bits per heavy atom. The smallest absolute Gasteiger partial charge is 0.317 e. The molecule has 2 heterocycles. The van der Waals surface area contributed by atoms with Crippen molar-refractivity contribution in [3.05, 3.63) is 35.7 Å². The van der Waals surface area contributed by atoms with Gasteiger partial charge in [0.2, 0.25) is 0 Å². The number of alkyl halides is 3. The lowest BCUT2D eigenvalue weighted by Crippen LogP contribution is -2.27. The second-order valence-electron chi connectivity index (χ2n) is 5.14. The maximum absolute atomic E-state index is 12.5. The summed E-state index contributed by atoms with van der Waals surface area (Å²) in [6.45, 7) is 1.89. The van der Waals surface area contributed by atoms with Gasteiger partial charge in [-0.15, -0.1) is 0 Å². The van der Waals surface area contributed by atoms with E-state index in [1.165, 1.54) is 12.1 Å². The molecule has 0 bridgehead atoms. The molecule has 4 nitrogen and oxygen atoms in total. The number of halogens is 3. The molecule has 0 radical (unpaired) electrons. The largest absolute Gasteiger partial charge is 0.416 e. The van der Waals surface area contributed by atoms with Crippen molar-refractivity contribution in [3.63, 3.8) is 0 Å². The van der Waals surface area contributed by atoms with Gasteiger partial charge in [0, 0.05) is 11.5 Å². The van der Waals surface area contributed by atoms with Crippen molar-refractivity contribution in [2.24, 2.45) is 0 Å². The summed E-state index contributed by atoms with van der Waals surface area (Å²) < 4.78 is 37.6. The molecule has 0 spiro atoms. The summed E-state index contributed by atoms with van der Waals surface area (Å²) in [4.78, 5) is 4.42. The third kappa shape index (κ3) is 3.07. The van der Waals surface area contributed by atoms with Gasteiger partial charge >= 0.3 is 6.18 Å². The van der Waals surface area contributed by atoms with Crippen LogP contribution in [0, 0.1) is 0 Å². The molecule has 2 aromatic rings. The fourth-order valence-corrected chi connectivity index (χ4v) is 2.49. The van der Waals surface area contributed by atoms with Gasteiger partial charge in [0.15, 0.2) is 5.82 Å². The van der Waals surface area contributed by atoms with Crippen molar-refractivity contribution in [2.45, 2.75) is 24.9 Å². The number of aromatic amines is 1. The minimum Gasteiger partial charge on any atom is -0.317 e. The van der Waals surface area contributed by atoms with Crippen molar-refractivity contribution in [1.29, 1.82) is 0 Å². The Bertz CT molecular complexity index is 597. The number of nitrogens with one attached hydrogen (secondary N) is 2. The Labute approximate surface area is 119 Å². The zero-order valence-corrected chi connectivity index (χ0v) is 11.2. The van der Waals surface area contributed by atoms with Crippen molar-refractivity contribution < 1.29 is 13.2 Å². The molecule has 0 unspecified atom stereocenters. The van der Waals surface area contributed by atoms with Gasteiger partial charge in [-0.05, 0) is 38.1 Å². The van der Waals surface area contributed by atoms with Crippen LogP contribution in [0.15, 0.2) is 24.3 Å². The van der Waals surface area contributed by atoms with E-state index in [0.717, 1.165) is 43.9 Å².